The van der Waals surface area contributed by atoms with Crippen molar-refractivity contribution in [1.82, 2.24) is 0 Å². The first-order valence-corrected chi connectivity index (χ1v) is 11.4. The Kier molecular flexibility index (Phi) is 8.00. The minimum atomic E-state index is -4.84. The Hall–Kier alpha value is -3.60. The number of ketones is 1. The van der Waals surface area contributed by atoms with Gasteiger partial charge < -0.3 is 19.9 Å². The highest BCUT2D eigenvalue weighted by atomic mass is 32.1. The number of aliphatic carboxylic acids is 1. The van der Waals surface area contributed by atoms with Gasteiger partial charge in [-0.2, -0.15) is 0 Å². The summed E-state index contributed by atoms with van der Waals surface area (Å²) in [5, 5.41) is 11.9. The van der Waals surface area contributed by atoms with Gasteiger partial charge in [-0.15, -0.1) is 24.5 Å². The summed E-state index contributed by atoms with van der Waals surface area (Å²) >= 11 is 1.25. The molecule has 3 rings (SSSR count). The summed E-state index contributed by atoms with van der Waals surface area (Å²) in [6.07, 6.45) is -0.619. The number of carboxylic acid groups (broad SMARTS) is 1. The molecule has 0 radical (unpaired) electrons. The lowest BCUT2D eigenvalue weighted by atomic mass is 9.94. The van der Waals surface area contributed by atoms with E-state index >= 15 is 0 Å². The van der Waals surface area contributed by atoms with E-state index < -0.39 is 36.4 Å². The average molecular weight is 510 g/mol. The fourth-order valence-corrected chi connectivity index (χ4v) is 4.38. The summed E-state index contributed by atoms with van der Waals surface area (Å²) in [5.41, 5.74) is 1.00. The van der Waals surface area contributed by atoms with E-state index in [4.69, 9.17) is 9.84 Å². The summed E-state index contributed by atoms with van der Waals surface area (Å²) in [6.45, 7) is 3.11. The van der Waals surface area contributed by atoms with Gasteiger partial charge in [-0.05, 0) is 61.7 Å². The number of amides is 1. The van der Waals surface area contributed by atoms with Crippen molar-refractivity contribution in [2.24, 2.45) is 5.92 Å². The first-order valence-electron chi connectivity index (χ1n) is 10.5. The summed E-state index contributed by atoms with van der Waals surface area (Å²) in [4.78, 5) is 37.6. The molecule has 0 bridgehead atoms. The fraction of sp³-hybridized carbons (Fsp3) is 0.292. The molecule has 0 saturated carbocycles. The van der Waals surface area contributed by atoms with Crippen molar-refractivity contribution < 1.29 is 42.1 Å². The molecule has 1 aromatic carbocycles. The van der Waals surface area contributed by atoms with E-state index in [9.17, 15) is 27.6 Å². The number of anilines is 1. The lowest BCUT2D eigenvalue weighted by molar-refractivity contribution is -0.274. The number of halogens is 3. The van der Waals surface area contributed by atoms with E-state index in [0.717, 1.165) is 17.0 Å². The summed E-state index contributed by atoms with van der Waals surface area (Å²) in [7, 11) is 0. The second kappa shape index (κ2) is 10.8. The predicted octanol–water partition coefficient (Wildman–Crippen LogP) is 5.33. The molecule has 7 nitrogen and oxygen atoms in total. The molecule has 2 aromatic rings. The summed E-state index contributed by atoms with van der Waals surface area (Å²) < 4.78 is 46.2. The molecular formula is C24H22F3NO6S. The van der Waals surface area contributed by atoms with E-state index in [2.05, 4.69) is 10.1 Å². The lowest BCUT2D eigenvalue weighted by Gasteiger charge is -2.19. The Balaban J connectivity index is 1.75. The number of carboxylic acids is 1. The number of hydrogen-bond donors (Lipinski definition) is 2. The van der Waals surface area contributed by atoms with Crippen molar-refractivity contribution in [1.29, 1.82) is 0 Å². The second-order valence-electron chi connectivity index (χ2n) is 7.64. The third-order valence-corrected chi connectivity index (χ3v) is 6.24. The highest BCUT2D eigenvalue weighted by Crippen LogP contribution is 2.33. The highest BCUT2D eigenvalue weighted by molar-refractivity contribution is 7.16. The minimum absolute atomic E-state index is 0.145. The van der Waals surface area contributed by atoms with Crippen molar-refractivity contribution in [3.05, 3.63) is 69.8 Å². The van der Waals surface area contributed by atoms with E-state index in [1.165, 1.54) is 23.5 Å². The maximum atomic E-state index is 13.1. The van der Waals surface area contributed by atoms with Gasteiger partial charge >= 0.3 is 12.3 Å². The van der Waals surface area contributed by atoms with Gasteiger partial charge in [0.2, 0.25) is 5.91 Å². The number of carbonyl (C=O) groups is 3. The van der Waals surface area contributed by atoms with Gasteiger partial charge in [0.25, 0.3) is 0 Å². The maximum Gasteiger partial charge on any atom is 0.573 e. The van der Waals surface area contributed by atoms with Crippen LogP contribution in [-0.4, -0.2) is 35.7 Å². The molecule has 0 fully saturated rings. The number of allylic oxidation sites excluding steroid dienone is 2. The van der Waals surface area contributed by atoms with Crippen LogP contribution in [0.25, 0.3) is 0 Å². The van der Waals surface area contributed by atoms with E-state index in [1.807, 2.05) is 6.92 Å². The molecule has 186 valence electrons. The molecule has 0 aliphatic heterocycles. The molecule has 1 heterocycles. The average Bonchev–Trinajstić information content (AvgIpc) is 3.19. The zero-order chi connectivity index (χ0) is 25.8. The standard InChI is InChI=1S/C24H22F3NO6S/c1-3-17-11-18(21(31)14-4-7-16(8-5-14)34-24(25,26)27)23(35-17)28-22(32)15-6-9-19(13(2)10-15)33-12-20(29)30/h4-5,7-11,15H,3,6,12H2,1-2H3,(H,28,32)(H,29,30). The molecule has 35 heavy (non-hydrogen) atoms. The molecule has 11 heteroatoms. The van der Waals surface area contributed by atoms with Gasteiger partial charge in [-0.3, -0.25) is 9.59 Å². The topological polar surface area (TPSA) is 102 Å². The van der Waals surface area contributed by atoms with Crippen LogP contribution in [0.1, 0.15) is 41.1 Å². The quantitative estimate of drug-likeness (QED) is 0.443. The molecule has 1 aliphatic rings. The second-order valence-corrected chi connectivity index (χ2v) is 8.78. The van der Waals surface area contributed by atoms with Gasteiger partial charge in [0.15, 0.2) is 12.4 Å². The monoisotopic (exact) mass is 509 g/mol. The van der Waals surface area contributed by atoms with Gasteiger partial charge in [0.05, 0.1) is 11.5 Å². The van der Waals surface area contributed by atoms with Crippen LogP contribution in [0.5, 0.6) is 5.75 Å². The number of benzene rings is 1. The van der Waals surface area contributed by atoms with Crippen LogP contribution in [-0.2, 0) is 20.7 Å². The first kappa shape index (κ1) is 26.0. The van der Waals surface area contributed by atoms with Crippen molar-refractivity contribution in [2.75, 3.05) is 11.9 Å². The number of rotatable bonds is 9. The van der Waals surface area contributed by atoms with Crippen molar-refractivity contribution in [2.45, 2.75) is 33.1 Å². The Morgan fingerprint density at radius 3 is 2.46 bits per heavy atom. The van der Waals surface area contributed by atoms with E-state index in [1.54, 1.807) is 25.1 Å². The normalized spacial score (nSPS) is 15.6. The van der Waals surface area contributed by atoms with Crippen LogP contribution in [0.2, 0.25) is 0 Å². The first-order chi connectivity index (χ1) is 16.5. The van der Waals surface area contributed by atoms with Crippen molar-refractivity contribution >= 4 is 34.0 Å². The molecular weight excluding hydrogens is 487 g/mol. The number of thiophene rings is 1. The molecule has 1 unspecified atom stereocenters. The number of aryl methyl sites for hydroxylation is 1. The molecule has 1 atom stereocenters. The summed E-state index contributed by atoms with van der Waals surface area (Å²) in [5.74, 6) is -2.51. The predicted molar refractivity (Wildman–Crippen MR) is 122 cm³/mol. The van der Waals surface area contributed by atoms with Crippen molar-refractivity contribution in [3.8, 4) is 5.75 Å². The Labute approximate surface area is 202 Å². The number of carbonyl (C=O) groups excluding carboxylic acids is 2. The molecule has 2 N–H and O–H groups in total. The fourth-order valence-electron chi connectivity index (χ4n) is 3.39. The van der Waals surface area contributed by atoms with Gasteiger partial charge in [0, 0.05) is 10.4 Å². The molecule has 0 saturated heterocycles. The van der Waals surface area contributed by atoms with Crippen LogP contribution >= 0.6 is 11.3 Å². The Morgan fingerprint density at radius 1 is 1.20 bits per heavy atom. The number of ether oxygens (including phenoxy) is 2. The molecule has 1 amide bonds. The summed E-state index contributed by atoms with van der Waals surface area (Å²) in [6, 6.07) is 6.22. The van der Waals surface area contributed by atoms with Crippen LogP contribution in [0, 0.1) is 5.92 Å². The zero-order valence-electron chi connectivity index (χ0n) is 18.8. The smallest absolute Gasteiger partial charge is 0.482 e. The van der Waals surface area contributed by atoms with Crippen LogP contribution in [0.15, 0.2) is 53.8 Å². The Morgan fingerprint density at radius 2 is 1.89 bits per heavy atom. The van der Waals surface area contributed by atoms with E-state index in [0.29, 0.717) is 22.8 Å². The van der Waals surface area contributed by atoms with Gasteiger partial charge in [-0.1, -0.05) is 13.0 Å². The molecule has 0 spiro atoms. The van der Waals surface area contributed by atoms with Crippen molar-refractivity contribution in [3.63, 3.8) is 0 Å². The zero-order valence-corrected chi connectivity index (χ0v) is 19.6. The Bertz CT molecular complexity index is 1180. The van der Waals surface area contributed by atoms with Gasteiger partial charge in [0.1, 0.15) is 16.5 Å². The SMILES string of the molecule is CCc1cc(C(=O)c2ccc(OC(F)(F)F)cc2)c(NC(=O)C2C=C(C)C(OCC(=O)O)=CC2)s1. The maximum absolute atomic E-state index is 13.1. The van der Waals surface area contributed by atoms with Crippen LogP contribution in [0.4, 0.5) is 18.2 Å². The number of nitrogens with one attached hydrogen (secondary N) is 1. The van der Waals surface area contributed by atoms with Crippen LogP contribution < -0.4 is 10.1 Å². The number of alkyl halides is 3. The third kappa shape index (κ3) is 6.95. The minimum Gasteiger partial charge on any atom is -0.482 e. The van der Waals surface area contributed by atoms with E-state index in [-0.39, 0.29) is 23.5 Å². The highest BCUT2D eigenvalue weighted by Gasteiger charge is 2.31. The lowest BCUT2D eigenvalue weighted by Crippen LogP contribution is -2.23. The third-order valence-electron chi connectivity index (χ3n) is 5.05. The number of hydrogen-bond acceptors (Lipinski definition) is 6. The van der Waals surface area contributed by atoms with Crippen LogP contribution in [0.3, 0.4) is 0 Å². The largest absolute Gasteiger partial charge is 0.573 e. The van der Waals surface area contributed by atoms with Gasteiger partial charge in [-0.25, -0.2) is 4.79 Å². The molecule has 1 aliphatic carbocycles. The molecule has 1 aromatic heterocycles.